The number of rotatable bonds is 1. The van der Waals surface area contributed by atoms with E-state index in [1.165, 1.54) is 6.20 Å². The molecule has 1 aliphatic heterocycles. The Kier molecular flexibility index (Phi) is 2.38. The number of nitriles is 1. The molecule has 0 bridgehead atoms. The number of carbonyl (C=O) groups excluding carboxylic acids is 1. The molecule has 1 aliphatic rings. The van der Waals surface area contributed by atoms with Crippen molar-refractivity contribution in [2.45, 2.75) is 25.8 Å². The summed E-state index contributed by atoms with van der Waals surface area (Å²) < 4.78 is 0. The molecule has 2 rings (SSSR count). The minimum atomic E-state index is 0.111. The molecule has 4 heteroatoms. The van der Waals surface area contributed by atoms with Crippen molar-refractivity contribution in [3.8, 4) is 6.07 Å². The largest absolute Gasteiger partial charge is 0.294 e. The Hall–Kier alpha value is -1.89. The molecule has 76 valence electrons. The fourth-order valence-electron chi connectivity index (χ4n) is 1.78. The number of amides is 1. The number of hydrogen-bond acceptors (Lipinski definition) is 3. The summed E-state index contributed by atoms with van der Waals surface area (Å²) in [5.74, 6) is 0.753. The number of nitrogens with zero attached hydrogens (tertiary/aromatic N) is 3. The van der Waals surface area contributed by atoms with Gasteiger partial charge < -0.3 is 0 Å². The fourth-order valence-corrected chi connectivity index (χ4v) is 1.78. The molecular formula is C11H11N3O. The first kappa shape index (κ1) is 9.66. The van der Waals surface area contributed by atoms with Gasteiger partial charge in [-0.3, -0.25) is 9.69 Å². The fraction of sp³-hybridized carbons (Fsp3) is 0.364. The first-order chi connectivity index (χ1) is 7.22. The number of hydrogen-bond donors (Lipinski definition) is 0. The number of anilines is 1. The predicted molar refractivity (Wildman–Crippen MR) is 55.1 cm³/mol. The maximum Gasteiger partial charge on any atom is 0.228 e. The summed E-state index contributed by atoms with van der Waals surface area (Å²) in [6, 6.07) is 5.61. The van der Waals surface area contributed by atoms with E-state index < -0.39 is 0 Å². The Labute approximate surface area is 88.1 Å². The molecule has 1 aromatic heterocycles. The van der Waals surface area contributed by atoms with E-state index in [4.69, 9.17) is 5.26 Å². The summed E-state index contributed by atoms with van der Waals surface area (Å²) in [4.78, 5) is 17.4. The third kappa shape index (κ3) is 1.68. The summed E-state index contributed by atoms with van der Waals surface area (Å²) in [6.45, 7) is 2.00. The maximum absolute atomic E-state index is 11.6. The Bertz CT molecular complexity index is 418. The summed E-state index contributed by atoms with van der Waals surface area (Å²) in [5, 5.41) is 8.63. The van der Waals surface area contributed by atoms with E-state index in [1.54, 1.807) is 17.0 Å². The molecule has 4 nitrogen and oxygen atoms in total. The lowest BCUT2D eigenvalue weighted by atomic mass is 10.2. The normalized spacial score (nSPS) is 20.4. The van der Waals surface area contributed by atoms with Gasteiger partial charge >= 0.3 is 0 Å². The Morgan fingerprint density at radius 1 is 1.60 bits per heavy atom. The smallest absolute Gasteiger partial charge is 0.228 e. The Balaban J connectivity index is 2.30. The van der Waals surface area contributed by atoms with Crippen LogP contribution in [0.2, 0.25) is 0 Å². The number of carbonyl (C=O) groups is 1. The van der Waals surface area contributed by atoms with E-state index >= 15 is 0 Å². The van der Waals surface area contributed by atoms with Crippen LogP contribution >= 0.6 is 0 Å². The average Bonchev–Trinajstić information content (AvgIpc) is 2.59. The predicted octanol–water partition coefficient (Wildman–Crippen LogP) is 1.47. The van der Waals surface area contributed by atoms with E-state index in [9.17, 15) is 4.79 Å². The van der Waals surface area contributed by atoms with Gasteiger partial charge in [-0.2, -0.15) is 5.26 Å². The van der Waals surface area contributed by atoms with Crippen LogP contribution in [-0.4, -0.2) is 16.9 Å². The molecule has 0 radical (unpaired) electrons. The second-order valence-corrected chi connectivity index (χ2v) is 3.67. The van der Waals surface area contributed by atoms with Crippen LogP contribution in [0.1, 0.15) is 25.3 Å². The molecule has 1 atom stereocenters. The zero-order valence-electron chi connectivity index (χ0n) is 8.47. The molecule has 0 aromatic carbocycles. The quantitative estimate of drug-likeness (QED) is 0.691. The highest BCUT2D eigenvalue weighted by atomic mass is 16.2. The van der Waals surface area contributed by atoms with Gasteiger partial charge in [0.25, 0.3) is 0 Å². The molecule has 0 spiro atoms. The molecule has 1 amide bonds. The molecule has 0 aliphatic carbocycles. The van der Waals surface area contributed by atoms with Crippen molar-refractivity contribution in [3.63, 3.8) is 0 Å². The number of pyridine rings is 1. The van der Waals surface area contributed by atoms with E-state index in [1.807, 2.05) is 13.0 Å². The van der Waals surface area contributed by atoms with E-state index in [0.717, 1.165) is 6.42 Å². The topological polar surface area (TPSA) is 57.0 Å². The van der Waals surface area contributed by atoms with Crippen LogP contribution in [0, 0.1) is 11.3 Å². The van der Waals surface area contributed by atoms with Crippen molar-refractivity contribution >= 4 is 11.7 Å². The van der Waals surface area contributed by atoms with Gasteiger partial charge in [0.05, 0.1) is 5.56 Å². The molecule has 1 fully saturated rings. The Morgan fingerprint density at radius 2 is 2.40 bits per heavy atom. The van der Waals surface area contributed by atoms with Gasteiger partial charge in [0.2, 0.25) is 5.91 Å². The van der Waals surface area contributed by atoms with E-state index in [-0.39, 0.29) is 11.9 Å². The number of aromatic nitrogens is 1. The second kappa shape index (κ2) is 3.70. The monoisotopic (exact) mass is 201 g/mol. The van der Waals surface area contributed by atoms with Crippen molar-refractivity contribution < 1.29 is 4.79 Å². The van der Waals surface area contributed by atoms with Crippen molar-refractivity contribution in [2.75, 3.05) is 4.90 Å². The third-order valence-corrected chi connectivity index (χ3v) is 2.61. The summed E-state index contributed by atoms with van der Waals surface area (Å²) in [6.07, 6.45) is 2.96. The van der Waals surface area contributed by atoms with Crippen LogP contribution in [0.5, 0.6) is 0 Å². The van der Waals surface area contributed by atoms with Gasteiger partial charge in [-0.25, -0.2) is 4.98 Å². The maximum atomic E-state index is 11.6. The lowest BCUT2D eigenvalue weighted by molar-refractivity contribution is -0.117. The molecule has 1 aromatic rings. The lowest BCUT2D eigenvalue weighted by Crippen LogP contribution is -2.31. The van der Waals surface area contributed by atoms with Crippen molar-refractivity contribution in [3.05, 3.63) is 23.9 Å². The van der Waals surface area contributed by atoms with Gasteiger partial charge in [0.1, 0.15) is 11.9 Å². The SMILES string of the molecule is CC1CCC(=O)N1c1ccc(C#N)cn1. The lowest BCUT2D eigenvalue weighted by Gasteiger charge is -2.20. The van der Waals surface area contributed by atoms with Crippen LogP contribution < -0.4 is 4.90 Å². The highest BCUT2D eigenvalue weighted by molar-refractivity contribution is 5.95. The van der Waals surface area contributed by atoms with Crippen LogP contribution in [0.4, 0.5) is 5.82 Å². The average molecular weight is 201 g/mol. The molecule has 2 heterocycles. The zero-order valence-corrected chi connectivity index (χ0v) is 8.47. The first-order valence-corrected chi connectivity index (χ1v) is 4.90. The molecule has 0 N–H and O–H groups in total. The van der Waals surface area contributed by atoms with Gasteiger partial charge in [0, 0.05) is 18.7 Å². The zero-order chi connectivity index (χ0) is 10.8. The van der Waals surface area contributed by atoms with Crippen LogP contribution in [0.3, 0.4) is 0 Å². The Morgan fingerprint density at radius 3 is 2.87 bits per heavy atom. The highest BCUT2D eigenvalue weighted by Crippen LogP contribution is 2.24. The van der Waals surface area contributed by atoms with Crippen molar-refractivity contribution in [1.29, 1.82) is 5.26 Å². The van der Waals surface area contributed by atoms with E-state index in [0.29, 0.717) is 17.8 Å². The van der Waals surface area contributed by atoms with Gasteiger partial charge in [-0.1, -0.05) is 0 Å². The van der Waals surface area contributed by atoms with Gasteiger partial charge in [-0.05, 0) is 25.5 Å². The van der Waals surface area contributed by atoms with Crippen molar-refractivity contribution in [1.82, 2.24) is 4.98 Å². The summed E-state index contributed by atoms with van der Waals surface area (Å²) >= 11 is 0. The second-order valence-electron chi connectivity index (χ2n) is 3.67. The minimum absolute atomic E-state index is 0.111. The molecular weight excluding hydrogens is 190 g/mol. The molecule has 0 saturated carbocycles. The standard InChI is InChI=1S/C11H11N3O/c1-8-2-5-11(15)14(8)10-4-3-9(6-12)7-13-10/h3-4,7-8H,2,5H2,1H3. The highest BCUT2D eigenvalue weighted by Gasteiger charge is 2.29. The minimum Gasteiger partial charge on any atom is -0.294 e. The summed E-state index contributed by atoms with van der Waals surface area (Å²) in [5.41, 5.74) is 0.512. The van der Waals surface area contributed by atoms with Crippen LogP contribution in [0.25, 0.3) is 0 Å². The van der Waals surface area contributed by atoms with Crippen LogP contribution in [0.15, 0.2) is 18.3 Å². The first-order valence-electron chi connectivity index (χ1n) is 4.90. The summed E-state index contributed by atoms with van der Waals surface area (Å²) in [7, 11) is 0. The van der Waals surface area contributed by atoms with Crippen molar-refractivity contribution in [2.24, 2.45) is 0 Å². The molecule has 15 heavy (non-hydrogen) atoms. The molecule has 1 saturated heterocycles. The van der Waals surface area contributed by atoms with E-state index in [2.05, 4.69) is 4.98 Å². The van der Waals surface area contributed by atoms with Crippen LogP contribution in [-0.2, 0) is 4.79 Å². The molecule has 1 unspecified atom stereocenters. The van der Waals surface area contributed by atoms with Gasteiger partial charge in [-0.15, -0.1) is 0 Å². The third-order valence-electron chi connectivity index (χ3n) is 2.61. The van der Waals surface area contributed by atoms with Gasteiger partial charge in [0.15, 0.2) is 0 Å².